The molecule has 4 heteroatoms. The highest BCUT2D eigenvalue weighted by Gasteiger charge is 2.40. The molecule has 0 amide bonds. The topological polar surface area (TPSA) is 40.5 Å². The van der Waals surface area contributed by atoms with Gasteiger partial charge < -0.3 is 10.0 Å². The Bertz CT molecular complexity index is 605. The van der Waals surface area contributed by atoms with Gasteiger partial charge in [0.1, 0.15) is 6.04 Å². The normalized spacial score (nSPS) is 18.2. The summed E-state index contributed by atoms with van der Waals surface area (Å²) >= 11 is 6.10. The average Bonchev–Trinajstić information content (AvgIpc) is 2.33. The number of hydrogen-bond donors (Lipinski definition) is 1. The second-order valence-corrected chi connectivity index (χ2v) is 6.98. The first-order valence-corrected chi connectivity index (χ1v) is 7.54. The van der Waals surface area contributed by atoms with Crippen LogP contribution in [-0.2, 0) is 4.79 Å². The molecule has 1 aromatic carbocycles. The number of aliphatic carboxylic acids is 1. The number of fused-ring (bicyclic) bond motifs is 1. The molecule has 1 heterocycles. The van der Waals surface area contributed by atoms with Crippen molar-refractivity contribution < 1.29 is 9.90 Å². The van der Waals surface area contributed by atoms with Crippen LogP contribution in [0.2, 0.25) is 5.02 Å². The lowest BCUT2D eigenvalue weighted by atomic mass is 9.85. The Morgan fingerprint density at radius 3 is 2.48 bits per heavy atom. The summed E-state index contributed by atoms with van der Waals surface area (Å²) in [6.45, 7) is 10.0. The van der Waals surface area contributed by atoms with E-state index in [0.717, 1.165) is 16.8 Å². The van der Waals surface area contributed by atoms with Crippen molar-refractivity contribution in [2.24, 2.45) is 5.92 Å². The van der Waals surface area contributed by atoms with Crippen LogP contribution in [-0.4, -0.2) is 22.7 Å². The Kier molecular flexibility index (Phi) is 4.07. The van der Waals surface area contributed by atoms with E-state index in [0.29, 0.717) is 5.02 Å². The van der Waals surface area contributed by atoms with E-state index >= 15 is 0 Å². The number of halogens is 1. The Morgan fingerprint density at radius 2 is 1.95 bits per heavy atom. The van der Waals surface area contributed by atoms with Gasteiger partial charge in [-0.15, -0.1) is 0 Å². The fourth-order valence-corrected chi connectivity index (χ4v) is 3.40. The van der Waals surface area contributed by atoms with E-state index in [1.807, 2.05) is 57.7 Å². The second kappa shape index (κ2) is 5.38. The molecule has 0 unspecified atom stereocenters. The summed E-state index contributed by atoms with van der Waals surface area (Å²) in [6.07, 6.45) is 2.12. The Balaban J connectivity index is 2.67. The molecule has 0 fully saturated rings. The molecular formula is C17H22ClNO2. The SMILES string of the molecule is CC1=CC(C)(C)N([C@H](C(=O)O)C(C)C)c2ccc(Cl)cc21. The Morgan fingerprint density at radius 1 is 1.33 bits per heavy atom. The van der Waals surface area contributed by atoms with E-state index in [1.165, 1.54) is 0 Å². The van der Waals surface area contributed by atoms with E-state index in [2.05, 4.69) is 6.08 Å². The van der Waals surface area contributed by atoms with Gasteiger partial charge >= 0.3 is 5.97 Å². The monoisotopic (exact) mass is 307 g/mol. The Labute approximate surface area is 131 Å². The molecule has 1 aliphatic rings. The van der Waals surface area contributed by atoms with Crippen LogP contribution in [0.5, 0.6) is 0 Å². The van der Waals surface area contributed by atoms with Crippen LogP contribution in [0.4, 0.5) is 5.69 Å². The summed E-state index contributed by atoms with van der Waals surface area (Å²) < 4.78 is 0. The predicted molar refractivity (Wildman–Crippen MR) is 87.9 cm³/mol. The maximum atomic E-state index is 11.8. The number of anilines is 1. The number of rotatable bonds is 3. The quantitative estimate of drug-likeness (QED) is 0.896. The standard InChI is InChI=1S/C17H22ClNO2/c1-10(2)15(16(20)21)19-14-7-6-12(18)8-13(14)11(3)9-17(19,4)5/h6-10,15H,1-5H3,(H,20,21)/t15-/m0/s1. The van der Waals surface area contributed by atoms with Gasteiger partial charge in [-0.05, 0) is 50.5 Å². The predicted octanol–water partition coefficient (Wildman–Crippen LogP) is 4.45. The van der Waals surface area contributed by atoms with Crippen LogP contribution in [0.3, 0.4) is 0 Å². The van der Waals surface area contributed by atoms with Crippen LogP contribution in [0.1, 0.15) is 40.2 Å². The molecule has 0 aliphatic carbocycles. The minimum absolute atomic E-state index is 0.00268. The highest BCUT2D eigenvalue weighted by Crippen LogP contribution is 2.42. The molecular weight excluding hydrogens is 286 g/mol. The maximum Gasteiger partial charge on any atom is 0.326 e. The van der Waals surface area contributed by atoms with Crippen molar-refractivity contribution in [3.8, 4) is 0 Å². The van der Waals surface area contributed by atoms with Gasteiger partial charge in [-0.2, -0.15) is 0 Å². The molecule has 0 spiro atoms. The molecule has 0 aromatic heterocycles. The third-order valence-electron chi connectivity index (χ3n) is 4.00. The molecule has 2 rings (SSSR count). The van der Waals surface area contributed by atoms with Gasteiger partial charge in [0.25, 0.3) is 0 Å². The molecule has 3 nitrogen and oxygen atoms in total. The minimum Gasteiger partial charge on any atom is -0.480 e. The Hall–Kier alpha value is -1.48. The smallest absolute Gasteiger partial charge is 0.326 e. The van der Waals surface area contributed by atoms with Gasteiger partial charge in [-0.3, -0.25) is 0 Å². The van der Waals surface area contributed by atoms with Crippen molar-refractivity contribution >= 4 is 28.8 Å². The first-order chi connectivity index (χ1) is 9.65. The first kappa shape index (κ1) is 15.9. The molecule has 114 valence electrons. The molecule has 0 radical (unpaired) electrons. The van der Waals surface area contributed by atoms with E-state index in [9.17, 15) is 9.90 Å². The summed E-state index contributed by atoms with van der Waals surface area (Å²) in [5.74, 6) is -0.802. The van der Waals surface area contributed by atoms with Crippen LogP contribution in [0.15, 0.2) is 24.3 Å². The maximum absolute atomic E-state index is 11.8. The van der Waals surface area contributed by atoms with Crippen molar-refractivity contribution in [2.75, 3.05) is 4.90 Å². The second-order valence-electron chi connectivity index (χ2n) is 6.54. The zero-order chi connectivity index (χ0) is 15.9. The van der Waals surface area contributed by atoms with Crippen LogP contribution in [0, 0.1) is 5.92 Å². The third kappa shape index (κ3) is 2.80. The fourth-order valence-electron chi connectivity index (χ4n) is 3.22. The summed E-state index contributed by atoms with van der Waals surface area (Å²) in [4.78, 5) is 13.8. The lowest BCUT2D eigenvalue weighted by Crippen LogP contribution is -2.56. The van der Waals surface area contributed by atoms with Gasteiger partial charge in [0.2, 0.25) is 0 Å². The number of benzene rings is 1. The van der Waals surface area contributed by atoms with Crippen LogP contribution in [0.25, 0.3) is 5.57 Å². The van der Waals surface area contributed by atoms with E-state index in [1.54, 1.807) is 0 Å². The van der Waals surface area contributed by atoms with Crippen molar-refractivity contribution in [2.45, 2.75) is 46.2 Å². The van der Waals surface area contributed by atoms with E-state index < -0.39 is 12.0 Å². The molecule has 0 saturated carbocycles. The van der Waals surface area contributed by atoms with Crippen molar-refractivity contribution in [1.29, 1.82) is 0 Å². The van der Waals surface area contributed by atoms with E-state index in [4.69, 9.17) is 11.6 Å². The zero-order valence-corrected chi connectivity index (χ0v) is 13.9. The van der Waals surface area contributed by atoms with Gasteiger partial charge in [-0.25, -0.2) is 4.79 Å². The number of carboxylic acid groups (broad SMARTS) is 1. The van der Waals surface area contributed by atoms with Crippen LogP contribution < -0.4 is 4.90 Å². The molecule has 1 aliphatic heterocycles. The van der Waals surface area contributed by atoms with Crippen molar-refractivity contribution in [1.82, 2.24) is 0 Å². The molecule has 0 bridgehead atoms. The van der Waals surface area contributed by atoms with Gasteiger partial charge in [0.05, 0.1) is 5.54 Å². The van der Waals surface area contributed by atoms with Crippen molar-refractivity contribution in [3.63, 3.8) is 0 Å². The lowest BCUT2D eigenvalue weighted by Gasteiger charge is -2.47. The number of allylic oxidation sites excluding steroid dienone is 1. The largest absolute Gasteiger partial charge is 0.480 e. The van der Waals surface area contributed by atoms with E-state index in [-0.39, 0.29) is 11.5 Å². The summed E-state index contributed by atoms with van der Waals surface area (Å²) in [6, 6.07) is 5.07. The molecule has 1 atom stereocenters. The van der Waals surface area contributed by atoms with Gasteiger partial charge in [0.15, 0.2) is 0 Å². The first-order valence-electron chi connectivity index (χ1n) is 7.16. The lowest BCUT2D eigenvalue weighted by molar-refractivity contribution is -0.140. The van der Waals surface area contributed by atoms with Crippen LogP contribution >= 0.6 is 11.6 Å². The summed E-state index contributed by atoms with van der Waals surface area (Å²) in [5, 5.41) is 10.4. The highest BCUT2D eigenvalue weighted by atomic mass is 35.5. The molecule has 1 aromatic rings. The molecule has 21 heavy (non-hydrogen) atoms. The summed E-state index contributed by atoms with van der Waals surface area (Å²) in [5.41, 5.74) is 2.71. The van der Waals surface area contributed by atoms with Gasteiger partial charge in [-0.1, -0.05) is 31.5 Å². The zero-order valence-electron chi connectivity index (χ0n) is 13.1. The number of hydrogen-bond acceptors (Lipinski definition) is 2. The summed E-state index contributed by atoms with van der Waals surface area (Å²) in [7, 11) is 0. The molecule has 1 N–H and O–H groups in total. The number of nitrogens with zero attached hydrogens (tertiary/aromatic N) is 1. The highest BCUT2D eigenvalue weighted by molar-refractivity contribution is 6.30. The third-order valence-corrected chi connectivity index (χ3v) is 4.23. The van der Waals surface area contributed by atoms with Gasteiger partial charge in [0, 0.05) is 16.3 Å². The van der Waals surface area contributed by atoms with Crippen molar-refractivity contribution in [3.05, 3.63) is 34.9 Å². The average molecular weight is 308 g/mol. The number of carbonyl (C=O) groups is 1. The minimum atomic E-state index is -0.799. The molecule has 0 saturated heterocycles. The number of carboxylic acids is 1. The fraction of sp³-hybridized carbons (Fsp3) is 0.471.